The number of aromatic nitrogens is 2. The Hall–Kier alpha value is -5.17. The maximum atomic E-state index is 12.9. The Morgan fingerprint density at radius 1 is 1.11 bits per heavy atom. The summed E-state index contributed by atoms with van der Waals surface area (Å²) in [4.78, 5) is 16.3. The van der Waals surface area contributed by atoms with Gasteiger partial charge in [0.15, 0.2) is 17.7 Å². The maximum absolute atomic E-state index is 12.9. The molecule has 0 amide bonds. The van der Waals surface area contributed by atoms with E-state index < -0.39 is 35.9 Å². The van der Waals surface area contributed by atoms with Crippen LogP contribution in [0, 0.1) is 35.2 Å². The van der Waals surface area contributed by atoms with Crippen molar-refractivity contribution in [3.8, 4) is 41.1 Å². The number of fused-ring (bicyclic) bond motifs is 8. The van der Waals surface area contributed by atoms with Gasteiger partial charge in [0, 0.05) is 49.3 Å². The number of aryl methyl sites for hydroxylation is 1. The van der Waals surface area contributed by atoms with Crippen molar-refractivity contribution < 1.29 is 34.7 Å². The third kappa shape index (κ3) is 7.21. The molecule has 2 bridgehead atoms. The van der Waals surface area contributed by atoms with Gasteiger partial charge in [0.05, 0.1) is 29.1 Å². The average molecular weight is 745 g/mol. The summed E-state index contributed by atoms with van der Waals surface area (Å²) in [6.45, 7) is 1.96. The van der Waals surface area contributed by atoms with Crippen LogP contribution in [0.4, 0.5) is 0 Å². The number of aliphatic hydroxyl groups excluding tert-OH is 3. The Morgan fingerprint density at radius 2 is 1.93 bits per heavy atom. The Bertz CT molecular complexity index is 2260. The van der Waals surface area contributed by atoms with Crippen molar-refractivity contribution in [1.29, 1.82) is 0 Å². The minimum atomic E-state index is -1.10. The number of nitrogens with two attached hydrogens (primary N) is 1. The summed E-state index contributed by atoms with van der Waals surface area (Å²) in [5, 5.41) is 47.6. The number of phenolic OH excluding ortho intramolecular Hbond substituents is 1. The van der Waals surface area contributed by atoms with Gasteiger partial charge in [0.2, 0.25) is 0 Å². The first-order chi connectivity index (χ1) is 26.6. The monoisotopic (exact) mass is 744 g/mol. The topological polar surface area (TPSA) is 175 Å². The molecule has 4 aromatic rings. The first-order valence-corrected chi connectivity index (χ1v) is 19.4. The number of H-pyrrole nitrogens is 1. The van der Waals surface area contributed by atoms with Gasteiger partial charge in [-0.3, -0.25) is 4.79 Å². The van der Waals surface area contributed by atoms with E-state index in [0.29, 0.717) is 24.2 Å². The highest BCUT2D eigenvalue weighted by Crippen LogP contribution is 2.51. The molecule has 55 heavy (non-hydrogen) atoms. The summed E-state index contributed by atoms with van der Waals surface area (Å²) >= 11 is 0. The van der Waals surface area contributed by atoms with E-state index in [4.69, 9.17) is 15.2 Å². The number of aromatic amines is 1. The number of phenols is 1. The first kappa shape index (κ1) is 36.8. The highest BCUT2D eigenvalue weighted by Gasteiger charge is 2.46. The molecule has 0 radical (unpaired) electrons. The van der Waals surface area contributed by atoms with Crippen LogP contribution in [0.5, 0.6) is 17.2 Å². The van der Waals surface area contributed by atoms with Crippen molar-refractivity contribution in [3.05, 3.63) is 82.4 Å². The molecule has 4 aliphatic rings. The fourth-order valence-electron chi connectivity index (χ4n) is 8.83. The summed E-state index contributed by atoms with van der Waals surface area (Å²) in [6, 6.07) is 7.05. The average Bonchev–Trinajstić information content (AvgIpc) is 3.90. The van der Waals surface area contributed by atoms with E-state index in [0.717, 1.165) is 70.8 Å². The minimum Gasteiger partial charge on any atom is -0.508 e. The number of Topliss-reactive ketones (excluding diaryl/α,β-unsaturated/α-hetero) is 1. The number of aromatic hydroxyl groups is 1. The molecule has 1 aliphatic carbocycles. The predicted molar refractivity (Wildman–Crippen MR) is 207 cm³/mol. The smallest absolute Gasteiger partial charge is 0.191 e. The molecule has 2 aromatic heterocycles. The lowest BCUT2D eigenvalue weighted by Gasteiger charge is -2.35. The van der Waals surface area contributed by atoms with Gasteiger partial charge in [0.25, 0.3) is 0 Å². The maximum Gasteiger partial charge on any atom is 0.191 e. The van der Waals surface area contributed by atoms with Crippen LogP contribution < -0.4 is 20.5 Å². The molecule has 0 unspecified atom stereocenters. The van der Waals surface area contributed by atoms with Crippen LogP contribution in [0.3, 0.4) is 0 Å². The van der Waals surface area contributed by atoms with Crippen molar-refractivity contribution >= 4 is 22.8 Å². The highest BCUT2D eigenvalue weighted by molar-refractivity contribution is 5.84. The van der Waals surface area contributed by atoms with Crippen molar-refractivity contribution in [2.75, 3.05) is 0 Å². The van der Waals surface area contributed by atoms with Gasteiger partial charge in [-0.1, -0.05) is 56.1 Å². The van der Waals surface area contributed by atoms with Crippen LogP contribution in [0.25, 0.3) is 17.0 Å². The van der Waals surface area contributed by atoms with Gasteiger partial charge in [-0.05, 0) is 83.8 Å². The van der Waals surface area contributed by atoms with Gasteiger partial charge >= 0.3 is 0 Å². The Morgan fingerprint density at radius 3 is 2.75 bits per heavy atom. The molecule has 8 N–H and O–H groups in total. The second kappa shape index (κ2) is 15.2. The molecule has 3 aliphatic heterocycles. The quantitative estimate of drug-likeness (QED) is 0.105. The van der Waals surface area contributed by atoms with Gasteiger partial charge in [-0.2, -0.15) is 0 Å². The number of aliphatic hydroxyl groups is 3. The molecule has 1 fully saturated rings. The molecular weight excluding hydrogens is 697 g/mol. The van der Waals surface area contributed by atoms with Crippen LogP contribution in [0.15, 0.2) is 49.1 Å². The third-order valence-electron chi connectivity index (χ3n) is 11.7. The Labute approximate surface area is 320 Å². The van der Waals surface area contributed by atoms with Crippen LogP contribution in [0.1, 0.15) is 117 Å². The number of nitrogens with zero attached hydrogens (tertiary/aromatic N) is 1. The molecule has 2 aromatic carbocycles. The first-order valence-electron chi connectivity index (χ1n) is 19.4. The summed E-state index contributed by atoms with van der Waals surface area (Å²) in [5.41, 5.74) is 11.9. The second-order valence-corrected chi connectivity index (χ2v) is 15.5. The Balaban J connectivity index is 1.18. The van der Waals surface area contributed by atoms with Crippen molar-refractivity contribution in [3.63, 3.8) is 0 Å². The molecule has 1 spiro atoms. The molecule has 11 nitrogen and oxygen atoms in total. The normalized spacial score (nSPS) is 22.9. The lowest BCUT2D eigenvalue weighted by Crippen LogP contribution is -2.35. The summed E-state index contributed by atoms with van der Waals surface area (Å²) in [7, 11) is 0. The number of rotatable bonds is 9. The van der Waals surface area contributed by atoms with Crippen molar-refractivity contribution in [2.45, 2.75) is 108 Å². The molecule has 5 heterocycles. The van der Waals surface area contributed by atoms with Gasteiger partial charge in [-0.25, -0.2) is 0 Å². The van der Waals surface area contributed by atoms with E-state index in [9.17, 15) is 25.2 Å². The number of hydrogen-bond acceptors (Lipinski definition) is 9. The number of ketones is 1. The SMILES string of the molecule is CCC[C@H](O)C[C@@H](O)CC(=O)CCc1cc2c(cc1O)OC#CC1(CCCC1)[C@H]1C#C[C@H](O)c3ccc4c(c3Cc3c[nH]c5cn(cc35)[C@H]1O2)C=CN[C@@H]4N. The van der Waals surface area contributed by atoms with E-state index in [2.05, 4.69) is 40.4 Å². The number of hydrogen-bond donors (Lipinski definition) is 7. The van der Waals surface area contributed by atoms with Gasteiger partial charge < -0.3 is 50.5 Å². The zero-order valence-corrected chi connectivity index (χ0v) is 31.0. The molecule has 8 rings (SSSR count). The Kier molecular flexibility index (Phi) is 10.1. The molecule has 1 saturated carbocycles. The highest BCUT2D eigenvalue weighted by atomic mass is 16.5. The summed E-state index contributed by atoms with van der Waals surface area (Å²) < 4.78 is 15.0. The number of carbonyl (C=O) groups excluding carboxylic acids is 1. The number of nitrogens with one attached hydrogen (secondary N) is 2. The summed E-state index contributed by atoms with van der Waals surface area (Å²) in [6.07, 6.45) is 14.8. The zero-order valence-electron chi connectivity index (χ0n) is 31.0. The largest absolute Gasteiger partial charge is 0.508 e. The van der Waals surface area contributed by atoms with Crippen LogP contribution in [-0.4, -0.2) is 48.0 Å². The van der Waals surface area contributed by atoms with E-state index >= 15 is 0 Å². The van der Waals surface area contributed by atoms with E-state index in [1.165, 1.54) is 6.07 Å². The van der Waals surface area contributed by atoms with Crippen LogP contribution in [-0.2, 0) is 17.6 Å². The van der Waals surface area contributed by atoms with Crippen molar-refractivity contribution in [1.82, 2.24) is 14.9 Å². The molecule has 286 valence electrons. The lowest BCUT2D eigenvalue weighted by molar-refractivity contribution is -0.121. The fourth-order valence-corrected chi connectivity index (χ4v) is 8.83. The molecule has 0 saturated heterocycles. The lowest BCUT2D eigenvalue weighted by atomic mass is 9.73. The molecule has 11 heteroatoms. The predicted octanol–water partition coefficient (Wildman–Crippen LogP) is 5.76. The number of benzene rings is 2. The number of carbonyl (C=O) groups is 1. The van der Waals surface area contributed by atoms with Gasteiger partial charge in [0.1, 0.15) is 29.9 Å². The standard InChI is InChI=1S/C44H48N4O7/c1-2-5-28(49)20-30(51)21-29(50)7-6-26-19-41-40(22-39(26)53)54-17-15-44(13-3-4-14-44)36-10-11-38(52)32-8-9-33-31(12-16-46-42(33)45)34(32)18-27-23-47-37-25-48(24-35(27)37)43(36)55-41/h8-9,12,16,19,22-25,28,30,36,38,42-43,46-47,49,51-53H,2-7,13-14,18,20-21,45H2,1H3/t28-,30+,36-,38-,42-,43-/m0/s1. The van der Waals surface area contributed by atoms with Gasteiger partial charge in [-0.15, -0.1) is 0 Å². The zero-order chi connectivity index (χ0) is 38.3. The van der Waals surface area contributed by atoms with Crippen LogP contribution in [0.2, 0.25) is 0 Å². The van der Waals surface area contributed by atoms with Crippen LogP contribution >= 0.6 is 0 Å². The summed E-state index contributed by atoms with van der Waals surface area (Å²) in [5.74, 6) is 10.0. The molecular formula is C44H48N4O7. The third-order valence-corrected chi connectivity index (χ3v) is 11.7. The van der Waals surface area contributed by atoms with E-state index in [-0.39, 0.29) is 49.1 Å². The number of ether oxygens (including phenoxy) is 2. The van der Waals surface area contributed by atoms with Crippen molar-refractivity contribution in [2.24, 2.45) is 17.1 Å². The second-order valence-electron chi connectivity index (χ2n) is 15.5. The fraction of sp³-hybridized carbons (Fsp3) is 0.432. The van der Waals surface area contributed by atoms with E-state index in [1.54, 1.807) is 6.07 Å². The van der Waals surface area contributed by atoms with E-state index in [1.807, 2.05) is 48.3 Å². The molecule has 6 atom stereocenters. The minimum absolute atomic E-state index is 0.0600.